The van der Waals surface area contributed by atoms with E-state index in [0.717, 1.165) is 10.9 Å². The molecule has 0 fully saturated rings. The maximum absolute atomic E-state index is 11.2. The van der Waals surface area contributed by atoms with Crippen molar-refractivity contribution in [1.29, 1.82) is 0 Å². The Morgan fingerprint density at radius 3 is 3.00 bits per heavy atom. The molecule has 2 rings (SSSR count). The number of alkyl halides is 1. The van der Waals surface area contributed by atoms with Crippen molar-refractivity contribution in [3.05, 3.63) is 28.6 Å². The van der Waals surface area contributed by atoms with E-state index in [4.69, 9.17) is 17.3 Å². The third kappa shape index (κ3) is 1.61. The summed E-state index contributed by atoms with van der Waals surface area (Å²) in [5, 5.41) is 0.755. The molecule has 2 aromatic rings. The number of hydrogen-bond acceptors (Lipinski definition) is 2. The van der Waals surface area contributed by atoms with Crippen LogP contribution in [0.25, 0.3) is 10.9 Å². The quantitative estimate of drug-likeness (QED) is 0.679. The van der Waals surface area contributed by atoms with E-state index >= 15 is 0 Å². The first kappa shape index (κ1) is 10.4. The standard InChI is InChI=1S/C9H7BrClN3O/c10-8-7-5(1-2-13-8)6(9(12)15)3-14(7)4-11/h1-3H,4H2,(H2,12,15). The molecule has 15 heavy (non-hydrogen) atoms. The van der Waals surface area contributed by atoms with Crippen LogP contribution in [-0.2, 0) is 6.00 Å². The van der Waals surface area contributed by atoms with Crippen LogP contribution in [0, 0.1) is 0 Å². The van der Waals surface area contributed by atoms with Crippen LogP contribution < -0.4 is 5.73 Å². The highest BCUT2D eigenvalue weighted by molar-refractivity contribution is 9.10. The van der Waals surface area contributed by atoms with Crippen molar-refractivity contribution >= 4 is 44.3 Å². The van der Waals surface area contributed by atoms with Crippen molar-refractivity contribution < 1.29 is 4.79 Å². The largest absolute Gasteiger partial charge is 0.366 e. The second-order valence-electron chi connectivity index (χ2n) is 2.99. The maximum atomic E-state index is 11.2. The zero-order chi connectivity index (χ0) is 11.0. The van der Waals surface area contributed by atoms with E-state index in [0.29, 0.717) is 10.2 Å². The summed E-state index contributed by atoms with van der Waals surface area (Å²) in [6, 6.07) is 1.98. The molecule has 0 spiro atoms. The van der Waals surface area contributed by atoms with Gasteiger partial charge in [0.05, 0.1) is 17.1 Å². The maximum Gasteiger partial charge on any atom is 0.250 e. The van der Waals surface area contributed by atoms with Crippen molar-refractivity contribution in [2.24, 2.45) is 5.73 Å². The number of nitrogens with zero attached hydrogens (tertiary/aromatic N) is 2. The number of hydrogen-bond donors (Lipinski definition) is 1. The number of aromatic nitrogens is 2. The summed E-state index contributed by atoms with van der Waals surface area (Å²) >= 11 is 9.07. The fourth-order valence-electron chi connectivity index (χ4n) is 1.50. The van der Waals surface area contributed by atoms with E-state index in [1.54, 1.807) is 23.0 Å². The fourth-order valence-corrected chi connectivity index (χ4v) is 2.25. The molecule has 0 radical (unpaired) electrons. The predicted octanol–water partition coefficient (Wildman–Crippen LogP) is 2.09. The number of halogens is 2. The van der Waals surface area contributed by atoms with E-state index in [-0.39, 0.29) is 6.00 Å². The van der Waals surface area contributed by atoms with E-state index in [9.17, 15) is 4.79 Å². The summed E-state index contributed by atoms with van der Waals surface area (Å²) in [5.41, 5.74) is 6.50. The molecule has 0 aliphatic carbocycles. The smallest absolute Gasteiger partial charge is 0.250 e. The van der Waals surface area contributed by atoms with Crippen LogP contribution in [0.15, 0.2) is 23.1 Å². The van der Waals surface area contributed by atoms with Gasteiger partial charge in [-0.2, -0.15) is 0 Å². The topological polar surface area (TPSA) is 60.9 Å². The lowest BCUT2D eigenvalue weighted by atomic mass is 10.2. The first-order valence-corrected chi connectivity index (χ1v) is 5.47. The van der Waals surface area contributed by atoms with Gasteiger partial charge in [0.1, 0.15) is 4.60 Å². The molecule has 0 aromatic carbocycles. The van der Waals surface area contributed by atoms with Crippen LogP contribution in [-0.4, -0.2) is 15.5 Å². The molecule has 6 heteroatoms. The van der Waals surface area contributed by atoms with Gasteiger partial charge in [-0.05, 0) is 22.0 Å². The molecule has 2 heterocycles. The lowest BCUT2D eigenvalue weighted by Gasteiger charge is -1.99. The van der Waals surface area contributed by atoms with Crippen molar-refractivity contribution in [3.63, 3.8) is 0 Å². The SMILES string of the molecule is NC(=O)c1cn(CCl)c2c(Br)nccc12. The second kappa shape index (κ2) is 3.83. The number of amides is 1. The highest BCUT2D eigenvalue weighted by atomic mass is 79.9. The molecule has 0 saturated heterocycles. The Balaban J connectivity index is 2.87. The summed E-state index contributed by atoms with van der Waals surface area (Å²) in [5.74, 6) is -0.470. The molecule has 2 N–H and O–H groups in total. The Morgan fingerprint density at radius 1 is 1.67 bits per heavy atom. The normalized spacial score (nSPS) is 10.8. The van der Waals surface area contributed by atoms with E-state index in [1.807, 2.05) is 0 Å². The molecule has 2 aromatic heterocycles. The van der Waals surface area contributed by atoms with Crippen LogP contribution in [0.5, 0.6) is 0 Å². The number of carbonyl (C=O) groups is 1. The summed E-state index contributed by atoms with van der Waals surface area (Å²) in [6.45, 7) is 0. The van der Waals surface area contributed by atoms with Crippen molar-refractivity contribution in [2.45, 2.75) is 6.00 Å². The Morgan fingerprint density at radius 2 is 2.40 bits per heavy atom. The van der Waals surface area contributed by atoms with Crippen LogP contribution in [0.4, 0.5) is 0 Å². The fraction of sp³-hybridized carbons (Fsp3) is 0.111. The number of carbonyl (C=O) groups excluding carboxylic acids is 1. The van der Waals surface area contributed by atoms with Crippen molar-refractivity contribution in [3.8, 4) is 0 Å². The van der Waals surface area contributed by atoms with Gasteiger partial charge in [-0.15, -0.1) is 11.6 Å². The average Bonchev–Trinajstić information content (AvgIpc) is 2.58. The Labute approximate surface area is 99.2 Å². The Bertz CT molecular complexity index is 537. The molecular formula is C9H7BrClN3O. The first-order chi connectivity index (χ1) is 7.15. The summed E-state index contributed by atoms with van der Waals surface area (Å²) in [4.78, 5) is 15.3. The van der Waals surface area contributed by atoms with Gasteiger partial charge in [-0.3, -0.25) is 4.79 Å². The molecule has 0 saturated carbocycles. The molecule has 0 bridgehead atoms. The lowest BCUT2D eigenvalue weighted by molar-refractivity contribution is 0.100. The molecule has 0 aliphatic heterocycles. The summed E-state index contributed by atoms with van der Waals surface area (Å²) in [6.07, 6.45) is 3.24. The molecule has 0 aliphatic rings. The van der Waals surface area contributed by atoms with Gasteiger partial charge in [-0.25, -0.2) is 4.98 Å². The molecule has 1 amide bonds. The van der Waals surface area contributed by atoms with Gasteiger partial charge in [0, 0.05) is 17.8 Å². The van der Waals surface area contributed by atoms with Crippen molar-refractivity contribution in [1.82, 2.24) is 9.55 Å². The highest BCUT2D eigenvalue weighted by Crippen LogP contribution is 2.26. The van der Waals surface area contributed by atoms with Crippen LogP contribution in [0.1, 0.15) is 10.4 Å². The van der Waals surface area contributed by atoms with Gasteiger partial charge in [0.15, 0.2) is 0 Å². The molecule has 0 atom stereocenters. The van der Waals surface area contributed by atoms with Gasteiger partial charge in [0.25, 0.3) is 5.91 Å². The lowest BCUT2D eigenvalue weighted by Crippen LogP contribution is -2.10. The summed E-state index contributed by atoms with van der Waals surface area (Å²) < 4.78 is 2.36. The molecular weight excluding hydrogens is 281 g/mol. The average molecular weight is 289 g/mol. The number of rotatable bonds is 2. The molecule has 0 unspecified atom stereocenters. The third-order valence-electron chi connectivity index (χ3n) is 2.14. The van der Waals surface area contributed by atoms with Crippen LogP contribution in [0.2, 0.25) is 0 Å². The first-order valence-electron chi connectivity index (χ1n) is 4.14. The second-order valence-corrected chi connectivity index (χ2v) is 3.98. The minimum Gasteiger partial charge on any atom is -0.366 e. The monoisotopic (exact) mass is 287 g/mol. The predicted molar refractivity (Wildman–Crippen MR) is 61.8 cm³/mol. The van der Waals surface area contributed by atoms with Gasteiger partial charge < -0.3 is 10.3 Å². The number of primary amides is 1. The Hall–Kier alpha value is -1.07. The van der Waals surface area contributed by atoms with Crippen LogP contribution in [0.3, 0.4) is 0 Å². The number of fused-ring (bicyclic) bond motifs is 1. The minimum absolute atomic E-state index is 0.244. The zero-order valence-corrected chi connectivity index (χ0v) is 9.92. The number of nitrogens with two attached hydrogens (primary N) is 1. The highest BCUT2D eigenvalue weighted by Gasteiger charge is 2.14. The third-order valence-corrected chi connectivity index (χ3v) is 2.97. The zero-order valence-electron chi connectivity index (χ0n) is 7.58. The summed E-state index contributed by atoms with van der Waals surface area (Å²) in [7, 11) is 0. The van der Waals surface area contributed by atoms with Gasteiger partial charge >= 0.3 is 0 Å². The minimum atomic E-state index is -0.470. The Kier molecular flexibility index (Phi) is 2.67. The van der Waals surface area contributed by atoms with Gasteiger partial charge in [-0.1, -0.05) is 0 Å². The van der Waals surface area contributed by atoms with E-state index in [2.05, 4.69) is 20.9 Å². The number of pyridine rings is 1. The van der Waals surface area contributed by atoms with E-state index in [1.165, 1.54) is 0 Å². The molecule has 4 nitrogen and oxygen atoms in total. The molecule has 78 valence electrons. The van der Waals surface area contributed by atoms with E-state index < -0.39 is 5.91 Å². The van der Waals surface area contributed by atoms with Crippen LogP contribution >= 0.6 is 27.5 Å². The van der Waals surface area contributed by atoms with Crippen molar-refractivity contribution in [2.75, 3.05) is 0 Å². The van der Waals surface area contributed by atoms with Gasteiger partial charge in [0.2, 0.25) is 0 Å².